The van der Waals surface area contributed by atoms with E-state index in [1.165, 1.54) is 0 Å². The molecule has 0 unspecified atom stereocenters. The molecule has 2 atom stereocenters. The lowest BCUT2D eigenvalue weighted by molar-refractivity contribution is -0.114. The monoisotopic (exact) mass is 305 g/mol. The molecule has 4 nitrogen and oxygen atoms in total. The van der Waals surface area contributed by atoms with Crippen molar-refractivity contribution in [3.63, 3.8) is 0 Å². The molecule has 1 aliphatic heterocycles. The summed E-state index contributed by atoms with van der Waals surface area (Å²) >= 11 is 1.65. The van der Waals surface area contributed by atoms with Gasteiger partial charge < -0.3 is 15.1 Å². The van der Waals surface area contributed by atoms with Crippen LogP contribution < -0.4 is 0 Å². The molecule has 2 heterocycles. The molecule has 21 heavy (non-hydrogen) atoms. The molecule has 1 fully saturated rings. The van der Waals surface area contributed by atoms with Crippen molar-refractivity contribution in [2.24, 2.45) is 0 Å². The van der Waals surface area contributed by atoms with Crippen molar-refractivity contribution < 1.29 is 15.0 Å². The third-order valence-electron chi connectivity index (χ3n) is 4.43. The van der Waals surface area contributed by atoms with Gasteiger partial charge in [0.25, 0.3) is 5.91 Å². The van der Waals surface area contributed by atoms with E-state index in [-0.39, 0.29) is 12.5 Å². The average molecular weight is 305 g/mol. The van der Waals surface area contributed by atoms with Crippen LogP contribution in [0.15, 0.2) is 29.6 Å². The number of piperidine rings is 1. The first-order valence-electron chi connectivity index (χ1n) is 7.20. The second-order valence-corrected chi connectivity index (χ2v) is 6.59. The SMILES string of the molecule is CC[C@@]1(O)CCN(C(=O)c2ccc3sccc3c2)C[C@H]1O. The van der Waals surface area contributed by atoms with Gasteiger partial charge in [-0.2, -0.15) is 0 Å². The maximum absolute atomic E-state index is 12.5. The number of thiophene rings is 1. The van der Waals surface area contributed by atoms with Gasteiger partial charge >= 0.3 is 0 Å². The Morgan fingerprint density at radius 3 is 3.00 bits per heavy atom. The smallest absolute Gasteiger partial charge is 0.253 e. The van der Waals surface area contributed by atoms with E-state index >= 15 is 0 Å². The Morgan fingerprint density at radius 1 is 1.48 bits per heavy atom. The molecular formula is C16H19NO3S. The van der Waals surface area contributed by atoms with E-state index in [2.05, 4.69) is 0 Å². The van der Waals surface area contributed by atoms with Crippen LogP contribution in [0.1, 0.15) is 30.1 Å². The van der Waals surface area contributed by atoms with Gasteiger partial charge in [-0.3, -0.25) is 4.79 Å². The molecule has 0 spiro atoms. The molecule has 0 bridgehead atoms. The van der Waals surface area contributed by atoms with E-state index in [4.69, 9.17) is 0 Å². The molecular weight excluding hydrogens is 286 g/mol. The molecule has 1 aliphatic rings. The molecule has 5 heteroatoms. The Labute approximate surface area is 127 Å². The third-order valence-corrected chi connectivity index (χ3v) is 5.32. The number of rotatable bonds is 2. The number of benzene rings is 1. The minimum absolute atomic E-state index is 0.0831. The van der Waals surface area contributed by atoms with Crippen LogP contribution in [-0.4, -0.2) is 45.8 Å². The molecule has 1 amide bonds. The van der Waals surface area contributed by atoms with Crippen LogP contribution in [0.25, 0.3) is 10.1 Å². The molecule has 0 radical (unpaired) electrons. The summed E-state index contributed by atoms with van der Waals surface area (Å²) in [4.78, 5) is 14.2. The first-order valence-corrected chi connectivity index (χ1v) is 8.08. The lowest BCUT2D eigenvalue weighted by atomic mass is 9.86. The summed E-state index contributed by atoms with van der Waals surface area (Å²) in [5.41, 5.74) is -0.427. The second-order valence-electron chi connectivity index (χ2n) is 5.65. The Hall–Kier alpha value is -1.43. The predicted molar refractivity (Wildman–Crippen MR) is 83.6 cm³/mol. The van der Waals surface area contributed by atoms with Crippen LogP contribution in [0.4, 0.5) is 0 Å². The highest BCUT2D eigenvalue weighted by Gasteiger charge is 2.40. The predicted octanol–water partition coefficient (Wildman–Crippen LogP) is 2.25. The minimum atomic E-state index is -1.06. The van der Waals surface area contributed by atoms with Gasteiger partial charge in [0.2, 0.25) is 0 Å². The number of aliphatic hydroxyl groups excluding tert-OH is 1. The Kier molecular flexibility index (Phi) is 3.73. The fourth-order valence-electron chi connectivity index (χ4n) is 2.84. The Morgan fingerprint density at radius 2 is 2.29 bits per heavy atom. The van der Waals surface area contributed by atoms with Crippen LogP contribution >= 0.6 is 11.3 Å². The van der Waals surface area contributed by atoms with E-state index in [0.717, 1.165) is 10.1 Å². The first kappa shape index (κ1) is 14.5. The zero-order valence-electron chi connectivity index (χ0n) is 12.0. The van der Waals surface area contributed by atoms with Crippen molar-refractivity contribution in [2.45, 2.75) is 31.5 Å². The van der Waals surface area contributed by atoms with E-state index in [1.807, 2.05) is 36.6 Å². The van der Waals surface area contributed by atoms with Crippen LogP contribution in [0, 0.1) is 0 Å². The molecule has 0 aliphatic carbocycles. The van der Waals surface area contributed by atoms with Crippen LogP contribution in [0.2, 0.25) is 0 Å². The van der Waals surface area contributed by atoms with E-state index < -0.39 is 11.7 Å². The second kappa shape index (κ2) is 5.40. The standard InChI is InChI=1S/C16H19NO3S/c1-2-16(20)6-7-17(10-14(16)18)15(19)12-3-4-13-11(9-12)5-8-21-13/h3-5,8-9,14,18,20H,2,6-7,10H2,1H3/t14-,16-/m1/s1. The average Bonchev–Trinajstić information content (AvgIpc) is 2.96. The highest BCUT2D eigenvalue weighted by Crippen LogP contribution is 2.28. The molecule has 1 aromatic carbocycles. The summed E-state index contributed by atoms with van der Waals surface area (Å²) in [6.07, 6.45) is 0.0267. The molecule has 2 aromatic rings. The van der Waals surface area contributed by atoms with Gasteiger partial charge in [-0.05, 0) is 47.9 Å². The van der Waals surface area contributed by atoms with Crippen molar-refractivity contribution in [1.29, 1.82) is 0 Å². The number of hydrogen-bond acceptors (Lipinski definition) is 4. The number of carbonyl (C=O) groups excluding carboxylic acids is 1. The number of nitrogens with zero attached hydrogens (tertiary/aromatic N) is 1. The maximum Gasteiger partial charge on any atom is 0.253 e. The van der Waals surface area contributed by atoms with Gasteiger partial charge in [0, 0.05) is 23.4 Å². The fraction of sp³-hybridized carbons (Fsp3) is 0.438. The van der Waals surface area contributed by atoms with Gasteiger partial charge in [-0.15, -0.1) is 11.3 Å². The van der Waals surface area contributed by atoms with Crippen molar-refractivity contribution in [2.75, 3.05) is 13.1 Å². The van der Waals surface area contributed by atoms with Gasteiger partial charge in [0.15, 0.2) is 0 Å². The summed E-state index contributed by atoms with van der Waals surface area (Å²) in [6.45, 7) is 2.51. The number of carbonyl (C=O) groups is 1. The summed E-state index contributed by atoms with van der Waals surface area (Å²) < 4.78 is 1.16. The Balaban J connectivity index is 1.79. The largest absolute Gasteiger partial charge is 0.388 e. The maximum atomic E-state index is 12.5. The van der Waals surface area contributed by atoms with Crippen molar-refractivity contribution in [1.82, 2.24) is 4.90 Å². The van der Waals surface area contributed by atoms with Crippen LogP contribution in [0.5, 0.6) is 0 Å². The van der Waals surface area contributed by atoms with Crippen molar-refractivity contribution in [3.05, 3.63) is 35.2 Å². The van der Waals surface area contributed by atoms with Gasteiger partial charge in [0.1, 0.15) is 6.10 Å². The molecule has 1 saturated heterocycles. The van der Waals surface area contributed by atoms with Gasteiger partial charge in [-0.1, -0.05) is 6.92 Å². The van der Waals surface area contributed by atoms with Crippen LogP contribution in [0.3, 0.4) is 0 Å². The normalized spacial score (nSPS) is 26.2. The third kappa shape index (κ3) is 2.57. The van der Waals surface area contributed by atoms with Gasteiger partial charge in [0.05, 0.1) is 5.60 Å². The van der Waals surface area contributed by atoms with Gasteiger partial charge in [-0.25, -0.2) is 0 Å². The first-order chi connectivity index (χ1) is 10.0. The summed E-state index contributed by atoms with van der Waals surface area (Å²) in [5.74, 6) is -0.0831. The van der Waals surface area contributed by atoms with E-state index in [9.17, 15) is 15.0 Å². The number of hydrogen-bond donors (Lipinski definition) is 2. The highest BCUT2D eigenvalue weighted by atomic mass is 32.1. The zero-order valence-corrected chi connectivity index (χ0v) is 12.8. The summed E-state index contributed by atoms with van der Waals surface area (Å²) in [5, 5.41) is 23.4. The number of β-amino-alcohol motifs (C(OH)–C–C–N with tert-alkyl or cyclic N) is 1. The lowest BCUT2D eigenvalue weighted by Crippen LogP contribution is -2.56. The number of likely N-dealkylation sites (tertiary alicyclic amines) is 1. The summed E-state index contributed by atoms with van der Waals surface area (Å²) in [7, 11) is 0. The fourth-order valence-corrected chi connectivity index (χ4v) is 3.62. The number of aliphatic hydroxyl groups is 2. The molecule has 1 aromatic heterocycles. The number of amides is 1. The lowest BCUT2D eigenvalue weighted by Gasteiger charge is -2.41. The molecule has 0 saturated carbocycles. The van der Waals surface area contributed by atoms with E-state index in [0.29, 0.717) is 24.9 Å². The van der Waals surface area contributed by atoms with Crippen molar-refractivity contribution >= 4 is 27.3 Å². The van der Waals surface area contributed by atoms with Crippen molar-refractivity contribution in [3.8, 4) is 0 Å². The molecule has 112 valence electrons. The minimum Gasteiger partial charge on any atom is -0.388 e. The Bertz CT molecular complexity index is 668. The zero-order chi connectivity index (χ0) is 15.0. The summed E-state index contributed by atoms with van der Waals surface area (Å²) in [6, 6.07) is 7.67. The molecule has 2 N–H and O–H groups in total. The van der Waals surface area contributed by atoms with E-state index in [1.54, 1.807) is 16.2 Å². The van der Waals surface area contributed by atoms with Crippen LogP contribution in [-0.2, 0) is 0 Å². The molecule has 3 rings (SSSR count). The highest BCUT2D eigenvalue weighted by molar-refractivity contribution is 7.17. The topological polar surface area (TPSA) is 60.8 Å². The number of fused-ring (bicyclic) bond motifs is 1. The quantitative estimate of drug-likeness (QED) is 0.894.